The largest absolute Gasteiger partial charge is 0.352 e. The predicted molar refractivity (Wildman–Crippen MR) is 79.4 cm³/mol. The molecule has 0 aliphatic carbocycles. The molecular formula is C14H23N5O. The summed E-state index contributed by atoms with van der Waals surface area (Å²) in [7, 11) is 0. The van der Waals surface area contributed by atoms with Crippen LogP contribution in [0.1, 0.15) is 35.3 Å². The van der Waals surface area contributed by atoms with Gasteiger partial charge in [0, 0.05) is 18.4 Å². The Morgan fingerprint density at radius 2 is 2.20 bits per heavy atom. The monoisotopic (exact) mass is 277 g/mol. The number of carbonyl (C=O) groups is 1. The minimum absolute atomic E-state index is 0.133. The number of carbonyl (C=O) groups excluding carboxylic acids is 1. The molecule has 0 spiro atoms. The number of rotatable bonds is 6. The molecule has 0 bridgehead atoms. The number of nitrogen functional groups attached to an aromatic ring is 1. The highest BCUT2D eigenvalue weighted by Gasteiger charge is 2.13. The third-order valence-electron chi connectivity index (χ3n) is 3.58. The third-order valence-corrected chi connectivity index (χ3v) is 3.58. The number of nitrogens with zero attached hydrogens (tertiary/aromatic N) is 2. The second kappa shape index (κ2) is 7.21. The van der Waals surface area contributed by atoms with Gasteiger partial charge in [0.15, 0.2) is 0 Å². The van der Waals surface area contributed by atoms with Gasteiger partial charge in [0.25, 0.3) is 5.91 Å². The molecule has 0 aromatic carbocycles. The van der Waals surface area contributed by atoms with Gasteiger partial charge in [-0.1, -0.05) is 0 Å². The molecular weight excluding hydrogens is 254 g/mol. The molecule has 0 radical (unpaired) electrons. The van der Waals surface area contributed by atoms with Crippen LogP contribution in [0, 0.1) is 6.92 Å². The highest BCUT2D eigenvalue weighted by atomic mass is 16.1. The smallest absolute Gasteiger partial charge is 0.255 e. The van der Waals surface area contributed by atoms with Crippen LogP contribution in [-0.2, 0) is 0 Å². The molecule has 2 rings (SSSR count). The highest BCUT2D eigenvalue weighted by Crippen LogP contribution is 2.14. The van der Waals surface area contributed by atoms with Gasteiger partial charge in [-0.05, 0) is 51.9 Å². The number of hydrogen-bond acceptors (Lipinski definition) is 5. The predicted octanol–water partition coefficient (Wildman–Crippen LogP) is 0.891. The summed E-state index contributed by atoms with van der Waals surface area (Å²) in [4.78, 5) is 18.6. The van der Waals surface area contributed by atoms with Crippen LogP contribution >= 0.6 is 0 Å². The first-order valence-electron chi connectivity index (χ1n) is 7.14. The van der Waals surface area contributed by atoms with Crippen molar-refractivity contribution in [3.05, 3.63) is 23.5 Å². The summed E-state index contributed by atoms with van der Waals surface area (Å²) in [5.74, 6) is 5.30. The number of amides is 1. The van der Waals surface area contributed by atoms with Gasteiger partial charge in [-0.25, -0.2) is 0 Å². The molecule has 0 atom stereocenters. The normalized spacial score (nSPS) is 15.3. The number of aryl methyl sites for hydroxylation is 1. The van der Waals surface area contributed by atoms with E-state index in [9.17, 15) is 4.79 Å². The molecule has 1 amide bonds. The number of aromatic nitrogens is 1. The third kappa shape index (κ3) is 3.91. The molecule has 6 heteroatoms. The number of hydrazine groups is 1. The van der Waals surface area contributed by atoms with Crippen LogP contribution in [0.4, 0.5) is 5.69 Å². The summed E-state index contributed by atoms with van der Waals surface area (Å²) in [5, 5.41) is 2.92. The van der Waals surface area contributed by atoms with E-state index in [0.29, 0.717) is 17.8 Å². The molecule has 2 heterocycles. The van der Waals surface area contributed by atoms with Crippen molar-refractivity contribution in [3.63, 3.8) is 0 Å². The maximum absolute atomic E-state index is 12.1. The van der Waals surface area contributed by atoms with Crippen LogP contribution in [-0.4, -0.2) is 42.0 Å². The molecule has 6 nitrogen and oxygen atoms in total. The average Bonchev–Trinajstić information content (AvgIpc) is 2.96. The van der Waals surface area contributed by atoms with E-state index in [0.717, 1.165) is 18.7 Å². The molecule has 1 aromatic rings. The molecule has 1 aromatic heterocycles. The topological polar surface area (TPSA) is 83.3 Å². The fourth-order valence-electron chi connectivity index (χ4n) is 2.47. The Kier molecular flexibility index (Phi) is 5.31. The summed E-state index contributed by atoms with van der Waals surface area (Å²) >= 11 is 0. The minimum Gasteiger partial charge on any atom is -0.352 e. The maximum atomic E-state index is 12.1. The van der Waals surface area contributed by atoms with Crippen molar-refractivity contribution in [2.45, 2.75) is 26.2 Å². The fourth-order valence-corrected chi connectivity index (χ4v) is 2.47. The van der Waals surface area contributed by atoms with Gasteiger partial charge in [0.05, 0.1) is 11.3 Å². The first-order chi connectivity index (χ1) is 9.70. The Morgan fingerprint density at radius 3 is 2.90 bits per heavy atom. The summed E-state index contributed by atoms with van der Waals surface area (Å²) in [5.41, 5.74) is 4.46. The van der Waals surface area contributed by atoms with Crippen molar-refractivity contribution in [1.82, 2.24) is 15.2 Å². The van der Waals surface area contributed by atoms with Crippen LogP contribution in [0.2, 0.25) is 0 Å². The summed E-state index contributed by atoms with van der Waals surface area (Å²) in [6.45, 7) is 5.97. The van der Waals surface area contributed by atoms with Crippen LogP contribution in [0.3, 0.4) is 0 Å². The number of nitrogens with one attached hydrogen (secondary N) is 2. The maximum Gasteiger partial charge on any atom is 0.255 e. The zero-order chi connectivity index (χ0) is 14.4. The lowest BCUT2D eigenvalue weighted by Gasteiger charge is -2.14. The standard InChI is InChI=1S/C14H23N5O/c1-11-9-13(18-15)12(10-17-11)14(20)16-5-4-8-19-6-2-3-7-19/h9-10H,2-8,15H2,1H3,(H,16,20)(H,17,18). The van der Waals surface area contributed by atoms with Gasteiger partial charge < -0.3 is 15.6 Å². The zero-order valence-corrected chi connectivity index (χ0v) is 12.0. The molecule has 0 unspecified atom stereocenters. The van der Waals surface area contributed by atoms with E-state index < -0.39 is 0 Å². The Balaban J connectivity index is 1.79. The van der Waals surface area contributed by atoms with E-state index in [2.05, 4.69) is 20.6 Å². The Bertz CT molecular complexity index is 457. The quantitative estimate of drug-likeness (QED) is 0.409. The van der Waals surface area contributed by atoms with E-state index in [-0.39, 0.29) is 5.91 Å². The number of pyridine rings is 1. The number of nitrogens with two attached hydrogens (primary N) is 1. The molecule has 1 aliphatic heterocycles. The molecule has 110 valence electrons. The van der Waals surface area contributed by atoms with Crippen molar-refractivity contribution in [2.24, 2.45) is 5.84 Å². The van der Waals surface area contributed by atoms with Crippen LogP contribution in [0.15, 0.2) is 12.3 Å². The van der Waals surface area contributed by atoms with Gasteiger partial charge in [0.2, 0.25) is 0 Å². The van der Waals surface area contributed by atoms with Crippen LogP contribution < -0.4 is 16.6 Å². The van der Waals surface area contributed by atoms with Gasteiger partial charge >= 0.3 is 0 Å². The van der Waals surface area contributed by atoms with Crippen molar-refractivity contribution in [1.29, 1.82) is 0 Å². The first kappa shape index (κ1) is 14.7. The molecule has 1 aliphatic rings. The van der Waals surface area contributed by atoms with Crippen molar-refractivity contribution < 1.29 is 4.79 Å². The van der Waals surface area contributed by atoms with Crippen LogP contribution in [0.25, 0.3) is 0 Å². The fraction of sp³-hybridized carbons (Fsp3) is 0.571. The Morgan fingerprint density at radius 1 is 1.45 bits per heavy atom. The molecule has 1 saturated heterocycles. The number of anilines is 1. The first-order valence-corrected chi connectivity index (χ1v) is 7.14. The minimum atomic E-state index is -0.133. The van der Waals surface area contributed by atoms with Crippen molar-refractivity contribution >= 4 is 11.6 Å². The van der Waals surface area contributed by atoms with E-state index in [1.165, 1.54) is 25.9 Å². The molecule has 4 N–H and O–H groups in total. The van der Waals surface area contributed by atoms with Gasteiger partial charge in [0.1, 0.15) is 0 Å². The van der Waals surface area contributed by atoms with Gasteiger partial charge in [-0.2, -0.15) is 0 Å². The SMILES string of the molecule is Cc1cc(NN)c(C(=O)NCCCN2CCCC2)cn1. The average molecular weight is 277 g/mol. The van der Waals surface area contributed by atoms with E-state index in [1.807, 2.05) is 6.92 Å². The molecule has 20 heavy (non-hydrogen) atoms. The zero-order valence-electron chi connectivity index (χ0n) is 12.0. The van der Waals surface area contributed by atoms with E-state index >= 15 is 0 Å². The molecule has 0 saturated carbocycles. The second-order valence-corrected chi connectivity index (χ2v) is 5.17. The summed E-state index contributed by atoms with van der Waals surface area (Å²) in [6, 6.07) is 1.76. The summed E-state index contributed by atoms with van der Waals surface area (Å²) in [6.07, 6.45) is 5.12. The number of hydrogen-bond donors (Lipinski definition) is 3. The lowest BCUT2D eigenvalue weighted by Crippen LogP contribution is -2.29. The highest BCUT2D eigenvalue weighted by molar-refractivity contribution is 5.99. The second-order valence-electron chi connectivity index (χ2n) is 5.17. The van der Waals surface area contributed by atoms with E-state index in [4.69, 9.17) is 5.84 Å². The van der Waals surface area contributed by atoms with Crippen molar-refractivity contribution in [3.8, 4) is 0 Å². The van der Waals surface area contributed by atoms with Crippen LogP contribution in [0.5, 0.6) is 0 Å². The molecule has 1 fully saturated rings. The lowest BCUT2D eigenvalue weighted by molar-refractivity contribution is 0.0952. The Labute approximate surface area is 119 Å². The summed E-state index contributed by atoms with van der Waals surface area (Å²) < 4.78 is 0. The lowest BCUT2D eigenvalue weighted by atomic mass is 10.2. The number of likely N-dealkylation sites (tertiary alicyclic amines) is 1. The van der Waals surface area contributed by atoms with Gasteiger partial charge in [-0.15, -0.1) is 0 Å². The Hall–Kier alpha value is -1.66. The van der Waals surface area contributed by atoms with E-state index in [1.54, 1.807) is 12.3 Å². The van der Waals surface area contributed by atoms with Gasteiger partial charge in [-0.3, -0.25) is 15.6 Å². The van der Waals surface area contributed by atoms with Crippen molar-refractivity contribution in [2.75, 3.05) is 31.6 Å².